The zero-order valence-electron chi connectivity index (χ0n) is 9.01. The molecule has 3 N–H and O–H groups in total. The zero-order chi connectivity index (χ0) is 12.5. The van der Waals surface area contributed by atoms with Gasteiger partial charge in [0.1, 0.15) is 5.75 Å². The van der Waals surface area contributed by atoms with Crippen molar-refractivity contribution in [3.8, 4) is 5.75 Å². The number of nitrogens with one attached hydrogen (secondary N) is 2. The molecule has 0 radical (unpaired) electrons. The van der Waals surface area contributed by atoms with Gasteiger partial charge in [-0.1, -0.05) is 0 Å². The van der Waals surface area contributed by atoms with Crippen molar-refractivity contribution in [2.24, 2.45) is 0 Å². The molecule has 0 unspecified atom stereocenters. The summed E-state index contributed by atoms with van der Waals surface area (Å²) in [6.45, 7) is 1.68. The van der Waals surface area contributed by atoms with Gasteiger partial charge < -0.3 is 10.1 Å². The van der Waals surface area contributed by atoms with Crippen molar-refractivity contribution in [3.05, 3.63) is 36.3 Å². The van der Waals surface area contributed by atoms with E-state index in [0.717, 1.165) is 0 Å². The Kier molecular flexibility index (Phi) is 2.76. The highest BCUT2D eigenvalue weighted by molar-refractivity contribution is 7.92. The molecule has 0 bridgehead atoms. The van der Waals surface area contributed by atoms with E-state index in [9.17, 15) is 13.5 Å². The number of imidazole rings is 1. The Morgan fingerprint density at radius 3 is 2.76 bits per heavy atom. The normalized spacial score (nSPS) is 11.4. The van der Waals surface area contributed by atoms with E-state index in [-0.39, 0.29) is 10.8 Å². The van der Waals surface area contributed by atoms with Crippen LogP contribution < -0.4 is 4.72 Å². The first-order valence-corrected chi connectivity index (χ1v) is 6.28. The topological polar surface area (TPSA) is 95.1 Å². The van der Waals surface area contributed by atoms with Crippen molar-refractivity contribution in [2.45, 2.75) is 11.9 Å². The van der Waals surface area contributed by atoms with E-state index in [1.54, 1.807) is 13.0 Å². The Balaban J connectivity index is 2.30. The maximum absolute atomic E-state index is 11.8. The minimum atomic E-state index is -3.65. The third-order valence-corrected chi connectivity index (χ3v) is 3.52. The van der Waals surface area contributed by atoms with E-state index in [1.165, 1.54) is 24.7 Å². The summed E-state index contributed by atoms with van der Waals surface area (Å²) in [6.07, 6.45) is 2.51. The summed E-state index contributed by atoms with van der Waals surface area (Å²) in [7, 11) is -3.65. The van der Waals surface area contributed by atoms with Gasteiger partial charge in [0.05, 0.1) is 12.5 Å². The van der Waals surface area contributed by atoms with Crippen molar-refractivity contribution < 1.29 is 13.5 Å². The molecule has 1 aromatic heterocycles. The second kappa shape index (κ2) is 4.10. The molecule has 0 saturated heterocycles. The van der Waals surface area contributed by atoms with Crippen LogP contribution in [-0.2, 0) is 10.0 Å². The fraction of sp³-hybridized carbons (Fsp3) is 0.100. The van der Waals surface area contributed by atoms with Gasteiger partial charge >= 0.3 is 0 Å². The van der Waals surface area contributed by atoms with Crippen LogP contribution in [0.2, 0.25) is 0 Å². The van der Waals surface area contributed by atoms with Crippen LogP contribution in [-0.4, -0.2) is 23.5 Å². The number of rotatable bonds is 3. The van der Waals surface area contributed by atoms with E-state index in [2.05, 4.69) is 14.7 Å². The van der Waals surface area contributed by atoms with Crippen LogP contribution in [0.1, 0.15) is 5.56 Å². The highest BCUT2D eigenvalue weighted by Crippen LogP contribution is 2.21. The number of sulfonamides is 1. The number of benzene rings is 1. The van der Waals surface area contributed by atoms with Gasteiger partial charge in [-0.25, -0.2) is 4.98 Å². The summed E-state index contributed by atoms with van der Waals surface area (Å²) in [5.74, 6) is 0.120. The minimum absolute atomic E-state index is 0.0109. The number of nitrogens with zero attached hydrogens (tertiary/aromatic N) is 1. The van der Waals surface area contributed by atoms with Crippen molar-refractivity contribution in [1.29, 1.82) is 0 Å². The van der Waals surface area contributed by atoms with Gasteiger partial charge in [-0.3, -0.25) is 4.72 Å². The third-order valence-electron chi connectivity index (χ3n) is 2.21. The molecule has 0 amide bonds. The summed E-state index contributed by atoms with van der Waals surface area (Å²) in [5.41, 5.74) is 0.977. The van der Waals surface area contributed by atoms with Crippen molar-refractivity contribution in [3.63, 3.8) is 0 Å². The van der Waals surface area contributed by atoms with E-state index in [4.69, 9.17) is 0 Å². The lowest BCUT2D eigenvalue weighted by Crippen LogP contribution is -2.13. The lowest BCUT2D eigenvalue weighted by atomic mass is 10.2. The second-order valence-electron chi connectivity index (χ2n) is 3.52. The molecule has 2 aromatic rings. The van der Waals surface area contributed by atoms with Crippen molar-refractivity contribution in [2.75, 3.05) is 4.72 Å². The molecular formula is C10H11N3O3S. The van der Waals surface area contributed by atoms with E-state index < -0.39 is 10.0 Å². The number of aromatic hydroxyl groups is 1. The van der Waals surface area contributed by atoms with Gasteiger partial charge in [0.25, 0.3) is 10.0 Å². The van der Waals surface area contributed by atoms with E-state index >= 15 is 0 Å². The Morgan fingerprint density at radius 2 is 2.18 bits per heavy atom. The molecule has 2 rings (SSSR count). The minimum Gasteiger partial charge on any atom is -0.508 e. The lowest BCUT2D eigenvalue weighted by Gasteiger charge is -2.07. The summed E-state index contributed by atoms with van der Waals surface area (Å²) in [4.78, 5) is 6.16. The average Bonchev–Trinajstić information content (AvgIpc) is 2.77. The number of H-pyrrole nitrogens is 1. The molecule has 0 fully saturated rings. The number of phenols is 1. The van der Waals surface area contributed by atoms with Gasteiger partial charge in [-0.05, 0) is 30.7 Å². The smallest absolute Gasteiger partial charge is 0.278 e. The molecule has 1 heterocycles. The van der Waals surface area contributed by atoms with Crippen LogP contribution in [0.3, 0.4) is 0 Å². The largest absolute Gasteiger partial charge is 0.508 e. The number of aromatic nitrogens is 2. The molecule has 6 nitrogen and oxygen atoms in total. The maximum Gasteiger partial charge on any atom is 0.278 e. The fourth-order valence-electron chi connectivity index (χ4n) is 1.32. The number of anilines is 1. The van der Waals surface area contributed by atoms with E-state index in [0.29, 0.717) is 11.3 Å². The van der Waals surface area contributed by atoms with Crippen LogP contribution in [0.4, 0.5) is 5.69 Å². The number of hydrogen-bond acceptors (Lipinski definition) is 4. The molecule has 17 heavy (non-hydrogen) atoms. The van der Waals surface area contributed by atoms with Crippen LogP contribution in [0.25, 0.3) is 0 Å². The quantitative estimate of drug-likeness (QED) is 0.717. The average molecular weight is 253 g/mol. The van der Waals surface area contributed by atoms with Crippen LogP contribution >= 0.6 is 0 Å². The summed E-state index contributed by atoms with van der Waals surface area (Å²) in [6, 6.07) is 4.46. The highest BCUT2D eigenvalue weighted by Gasteiger charge is 2.15. The first-order valence-electron chi connectivity index (χ1n) is 4.80. The Morgan fingerprint density at radius 1 is 1.41 bits per heavy atom. The number of aromatic amines is 1. The molecule has 0 aliphatic carbocycles. The van der Waals surface area contributed by atoms with E-state index in [1.807, 2.05) is 0 Å². The molecule has 0 spiro atoms. The predicted octanol–water partition coefficient (Wildman–Crippen LogP) is 1.22. The molecule has 0 aliphatic rings. The Hall–Kier alpha value is -2.02. The third kappa shape index (κ3) is 2.39. The van der Waals surface area contributed by atoms with Crippen molar-refractivity contribution >= 4 is 15.7 Å². The number of aryl methyl sites for hydroxylation is 1. The maximum atomic E-state index is 11.8. The monoisotopic (exact) mass is 253 g/mol. The molecule has 0 saturated carbocycles. The first kappa shape index (κ1) is 11.5. The van der Waals surface area contributed by atoms with Gasteiger partial charge in [0.15, 0.2) is 5.03 Å². The Bertz CT molecular complexity index is 620. The second-order valence-corrected chi connectivity index (χ2v) is 5.17. The molecule has 0 aliphatic heterocycles. The molecular weight excluding hydrogens is 242 g/mol. The zero-order valence-corrected chi connectivity index (χ0v) is 9.82. The summed E-state index contributed by atoms with van der Waals surface area (Å²) in [5, 5.41) is 9.32. The van der Waals surface area contributed by atoms with Gasteiger partial charge in [0.2, 0.25) is 0 Å². The van der Waals surface area contributed by atoms with Gasteiger partial charge in [0, 0.05) is 5.69 Å². The van der Waals surface area contributed by atoms with Crippen LogP contribution in [0.15, 0.2) is 35.7 Å². The number of hydrogen-bond donors (Lipinski definition) is 3. The van der Waals surface area contributed by atoms with Crippen LogP contribution in [0.5, 0.6) is 5.75 Å². The molecule has 7 heteroatoms. The van der Waals surface area contributed by atoms with Crippen LogP contribution in [0, 0.1) is 6.92 Å². The number of phenolic OH excluding ortho intramolecular Hbond substituents is 1. The molecule has 1 aromatic carbocycles. The fourth-order valence-corrected chi connectivity index (χ4v) is 2.27. The summed E-state index contributed by atoms with van der Waals surface area (Å²) >= 11 is 0. The summed E-state index contributed by atoms with van der Waals surface area (Å²) < 4.78 is 26.0. The standard InChI is InChI=1S/C10H11N3O3S/c1-7-4-8(2-3-9(7)14)13-17(15,16)10-5-11-6-12-10/h2-6,13-14H,1H3,(H,11,12). The predicted molar refractivity (Wildman–Crippen MR) is 62.2 cm³/mol. The Labute approximate surface area is 98.4 Å². The first-order chi connectivity index (χ1) is 7.99. The lowest BCUT2D eigenvalue weighted by molar-refractivity contribution is 0.471. The van der Waals surface area contributed by atoms with Crippen molar-refractivity contribution in [1.82, 2.24) is 9.97 Å². The molecule has 90 valence electrons. The van der Waals surface area contributed by atoms with Gasteiger partial charge in [-0.15, -0.1) is 0 Å². The highest BCUT2D eigenvalue weighted by atomic mass is 32.2. The van der Waals surface area contributed by atoms with Gasteiger partial charge in [-0.2, -0.15) is 8.42 Å². The SMILES string of the molecule is Cc1cc(NS(=O)(=O)c2cnc[nH]2)ccc1O. The molecule has 0 atom stereocenters.